The summed E-state index contributed by atoms with van der Waals surface area (Å²) in [7, 11) is 0. The van der Waals surface area contributed by atoms with E-state index in [4.69, 9.17) is 24.7 Å². The van der Waals surface area contributed by atoms with E-state index in [0.29, 0.717) is 35.8 Å². The summed E-state index contributed by atoms with van der Waals surface area (Å²) >= 11 is 1.54. The van der Waals surface area contributed by atoms with E-state index in [9.17, 15) is 14.3 Å². The number of fused-ring (bicyclic) bond motifs is 1. The number of nitriles is 1. The molecule has 6 rings (SSSR count). The molecule has 3 aromatic heterocycles. The number of pyridine rings is 1. The summed E-state index contributed by atoms with van der Waals surface area (Å²) in [5, 5.41) is 18.8. The molecule has 46 heavy (non-hydrogen) atoms. The Morgan fingerprint density at radius 3 is 2.67 bits per heavy atom. The second-order valence-corrected chi connectivity index (χ2v) is 12.5. The number of halogens is 1. The van der Waals surface area contributed by atoms with Crippen LogP contribution in [0.4, 0.5) is 4.39 Å². The highest BCUT2D eigenvalue weighted by Gasteiger charge is 2.25. The van der Waals surface area contributed by atoms with Crippen LogP contribution in [0.15, 0.2) is 60.2 Å². The van der Waals surface area contributed by atoms with Crippen LogP contribution in [0, 0.1) is 17.1 Å². The SMILES string of the molecule is CC(C)Oc1cc(C(=O)O)cc2c1nc(CN1CCC(c3cccc(OCc4ccc(C#N)cc4F)n3)CC1)n2Cc1cncs1. The molecule has 1 fully saturated rings. The number of aromatic nitrogens is 4. The molecule has 0 aliphatic carbocycles. The van der Waals surface area contributed by atoms with Crippen molar-refractivity contribution in [1.82, 2.24) is 24.4 Å². The Bertz CT molecular complexity index is 1890. The Morgan fingerprint density at radius 1 is 1.15 bits per heavy atom. The van der Waals surface area contributed by atoms with Crippen molar-refractivity contribution in [2.45, 2.75) is 58.4 Å². The first-order valence-corrected chi connectivity index (χ1v) is 16.0. The van der Waals surface area contributed by atoms with Gasteiger partial charge >= 0.3 is 5.97 Å². The maximum Gasteiger partial charge on any atom is 0.335 e. The molecule has 0 amide bonds. The molecular weight excluding hydrogens is 607 g/mol. The third kappa shape index (κ3) is 7.01. The molecule has 10 nitrogen and oxygen atoms in total. The Balaban J connectivity index is 1.17. The average Bonchev–Trinajstić information content (AvgIpc) is 3.69. The van der Waals surface area contributed by atoms with E-state index in [-0.39, 0.29) is 29.8 Å². The third-order valence-corrected chi connectivity index (χ3v) is 8.74. The zero-order valence-electron chi connectivity index (χ0n) is 25.5. The van der Waals surface area contributed by atoms with E-state index < -0.39 is 11.8 Å². The second kappa shape index (κ2) is 13.6. The summed E-state index contributed by atoms with van der Waals surface area (Å²) in [5.41, 5.74) is 4.87. The summed E-state index contributed by atoms with van der Waals surface area (Å²) < 4.78 is 28.2. The molecular formula is C34H33FN6O4S. The van der Waals surface area contributed by atoms with Crippen LogP contribution in [0.5, 0.6) is 11.6 Å². The molecule has 0 spiro atoms. The molecule has 1 N–H and O–H groups in total. The predicted octanol–water partition coefficient (Wildman–Crippen LogP) is 6.39. The minimum atomic E-state index is -1.02. The fourth-order valence-corrected chi connectivity index (χ4v) is 6.27. The van der Waals surface area contributed by atoms with Gasteiger partial charge in [-0.3, -0.25) is 9.88 Å². The second-order valence-electron chi connectivity index (χ2n) is 11.6. The van der Waals surface area contributed by atoms with Crippen LogP contribution in [-0.4, -0.2) is 54.7 Å². The predicted molar refractivity (Wildman–Crippen MR) is 171 cm³/mol. The van der Waals surface area contributed by atoms with Crippen LogP contribution >= 0.6 is 11.3 Å². The van der Waals surface area contributed by atoms with Gasteiger partial charge < -0.3 is 19.1 Å². The van der Waals surface area contributed by atoms with E-state index in [2.05, 4.69) is 14.5 Å². The number of nitrogens with zero attached hydrogens (tertiary/aromatic N) is 6. The molecule has 4 heterocycles. The lowest BCUT2D eigenvalue weighted by molar-refractivity contribution is 0.0696. The number of ether oxygens (including phenoxy) is 2. The van der Waals surface area contributed by atoms with Crippen molar-refractivity contribution >= 4 is 28.3 Å². The summed E-state index contributed by atoms with van der Waals surface area (Å²) in [6, 6.07) is 15.2. The standard InChI is InChI=1S/C34H33FN6O4S/c1-21(2)45-30-14-25(34(42)43)13-29-33(30)39-31(41(29)17-26-16-37-20-46-26)18-40-10-8-23(9-11-40)28-4-3-5-32(38-28)44-19-24-7-6-22(15-36)12-27(24)35/h3-7,12-14,16,20-21,23H,8-11,17-19H2,1-2H3,(H,42,43). The molecule has 2 aromatic carbocycles. The monoisotopic (exact) mass is 640 g/mol. The number of hydrogen-bond donors (Lipinski definition) is 1. The van der Waals surface area contributed by atoms with Crippen molar-refractivity contribution in [3.8, 4) is 17.7 Å². The van der Waals surface area contributed by atoms with Gasteiger partial charge in [0.05, 0.1) is 47.4 Å². The highest BCUT2D eigenvalue weighted by Crippen LogP contribution is 2.33. The first kappa shape index (κ1) is 31.1. The van der Waals surface area contributed by atoms with Crippen LogP contribution in [0.1, 0.15) is 70.5 Å². The van der Waals surface area contributed by atoms with Crippen molar-refractivity contribution in [2.24, 2.45) is 0 Å². The van der Waals surface area contributed by atoms with Crippen molar-refractivity contribution in [3.05, 3.63) is 99.1 Å². The van der Waals surface area contributed by atoms with Crippen LogP contribution < -0.4 is 9.47 Å². The van der Waals surface area contributed by atoms with Gasteiger partial charge in [0.15, 0.2) is 0 Å². The van der Waals surface area contributed by atoms with Crippen molar-refractivity contribution in [2.75, 3.05) is 13.1 Å². The molecule has 0 radical (unpaired) electrons. The molecule has 1 saturated heterocycles. The van der Waals surface area contributed by atoms with Crippen molar-refractivity contribution in [3.63, 3.8) is 0 Å². The summed E-state index contributed by atoms with van der Waals surface area (Å²) in [6.45, 7) is 6.61. The fourth-order valence-electron chi connectivity index (χ4n) is 5.69. The summed E-state index contributed by atoms with van der Waals surface area (Å²) in [5.74, 6) is 0.472. The molecule has 0 bridgehead atoms. The van der Waals surface area contributed by atoms with Gasteiger partial charge in [-0.2, -0.15) is 5.26 Å². The van der Waals surface area contributed by atoms with Gasteiger partial charge in [0.1, 0.15) is 29.5 Å². The van der Waals surface area contributed by atoms with E-state index in [1.54, 1.807) is 47.2 Å². The minimum Gasteiger partial charge on any atom is -0.489 e. The van der Waals surface area contributed by atoms with Gasteiger partial charge in [-0.05, 0) is 70.1 Å². The smallest absolute Gasteiger partial charge is 0.335 e. The number of carboxylic acid groups (broad SMARTS) is 1. The number of thiazole rings is 1. The molecule has 1 aliphatic rings. The summed E-state index contributed by atoms with van der Waals surface area (Å²) in [4.78, 5) is 29.4. The minimum absolute atomic E-state index is 0.0207. The van der Waals surface area contributed by atoms with Gasteiger partial charge in [0, 0.05) is 34.3 Å². The fraction of sp³-hybridized carbons (Fsp3) is 0.324. The lowest BCUT2D eigenvalue weighted by Gasteiger charge is -2.31. The molecule has 12 heteroatoms. The van der Waals surface area contributed by atoms with E-state index >= 15 is 0 Å². The van der Waals surface area contributed by atoms with Crippen LogP contribution in [0.25, 0.3) is 11.0 Å². The van der Waals surface area contributed by atoms with Crippen LogP contribution in [0.3, 0.4) is 0 Å². The Hall–Kier alpha value is -4.86. The first-order valence-electron chi connectivity index (χ1n) is 15.1. The number of aromatic carboxylic acids is 1. The number of imidazole rings is 1. The van der Waals surface area contributed by atoms with Gasteiger partial charge in [0.25, 0.3) is 0 Å². The van der Waals surface area contributed by atoms with E-state index in [1.807, 2.05) is 38.2 Å². The number of carboxylic acids is 1. The number of likely N-dealkylation sites (tertiary alicyclic amines) is 1. The molecule has 236 valence electrons. The number of piperidine rings is 1. The highest BCUT2D eigenvalue weighted by molar-refractivity contribution is 7.09. The Kier molecular flexibility index (Phi) is 9.23. The van der Waals surface area contributed by atoms with Gasteiger partial charge in [0.2, 0.25) is 5.88 Å². The number of rotatable bonds is 11. The molecule has 0 unspecified atom stereocenters. The van der Waals surface area contributed by atoms with Gasteiger partial charge in [-0.15, -0.1) is 11.3 Å². The normalized spacial score (nSPS) is 14.1. The first-order chi connectivity index (χ1) is 22.3. The average molecular weight is 641 g/mol. The van der Waals surface area contributed by atoms with Gasteiger partial charge in [-0.1, -0.05) is 12.1 Å². The lowest BCUT2D eigenvalue weighted by Crippen LogP contribution is -2.33. The van der Waals surface area contributed by atoms with Crippen molar-refractivity contribution < 1.29 is 23.8 Å². The maximum absolute atomic E-state index is 14.3. The molecule has 1 aliphatic heterocycles. The maximum atomic E-state index is 14.3. The zero-order valence-corrected chi connectivity index (χ0v) is 26.3. The highest BCUT2D eigenvalue weighted by atomic mass is 32.1. The third-order valence-electron chi connectivity index (χ3n) is 7.98. The topological polar surface area (TPSA) is 126 Å². The largest absolute Gasteiger partial charge is 0.489 e. The number of carbonyl (C=O) groups is 1. The summed E-state index contributed by atoms with van der Waals surface area (Å²) in [6.07, 6.45) is 3.46. The van der Waals surface area contributed by atoms with Crippen LogP contribution in [0.2, 0.25) is 0 Å². The molecule has 5 aromatic rings. The Morgan fingerprint density at radius 2 is 1.98 bits per heavy atom. The number of benzene rings is 2. The number of hydrogen-bond acceptors (Lipinski definition) is 9. The molecule has 0 atom stereocenters. The van der Waals surface area contributed by atoms with E-state index in [1.165, 1.54) is 6.07 Å². The van der Waals surface area contributed by atoms with Gasteiger partial charge in [-0.25, -0.2) is 19.2 Å². The quantitative estimate of drug-likeness (QED) is 0.175. The zero-order chi connectivity index (χ0) is 32.2. The van der Waals surface area contributed by atoms with Crippen LogP contribution in [-0.2, 0) is 19.7 Å². The Labute approximate surface area is 269 Å². The lowest BCUT2D eigenvalue weighted by atomic mass is 9.93. The van der Waals surface area contributed by atoms with E-state index in [0.717, 1.165) is 47.8 Å². The molecule has 0 saturated carbocycles. The van der Waals surface area contributed by atoms with Crippen molar-refractivity contribution in [1.29, 1.82) is 5.26 Å².